The third-order valence-electron chi connectivity index (χ3n) is 5.28. The van der Waals surface area contributed by atoms with Gasteiger partial charge in [0.25, 0.3) is 5.91 Å². The number of halogens is 1. The Kier molecular flexibility index (Phi) is 3.81. The summed E-state index contributed by atoms with van der Waals surface area (Å²) in [6, 6.07) is 7.59. The number of hydrogen-bond acceptors (Lipinski definition) is 3. The van der Waals surface area contributed by atoms with E-state index in [-0.39, 0.29) is 18.5 Å². The summed E-state index contributed by atoms with van der Waals surface area (Å²) in [5, 5.41) is 4.59. The number of nitrogens with one attached hydrogen (secondary N) is 1. The van der Waals surface area contributed by atoms with Crippen molar-refractivity contribution in [2.45, 2.75) is 44.7 Å². The van der Waals surface area contributed by atoms with Crippen LogP contribution in [0.5, 0.6) is 0 Å². The molecule has 1 aromatic carbocycles. The highest BCUT2D eigenvalue weighted by molar-refractivity contribution is 7.19. The minimum Gasteiger partial charge on any atom is -0.323 e. The molecule has 1 aliphatic carbocycles. The quantitative estimate of drug-likeness (QED) is 0.796. The topological polar surface area (TPSA) is 49.4 Å². The van der Waals surface area contributed by atoms with Gasteiger partial charge in [-0.2, -0.15) is 0 Å². The Bertz CT molecular complexity index is 824. The van der Waals surface area contributed by atoms with Gasteiger partial charge in [0.05, 0.1) is 11.6 Å². The smallest absolute Gasteiger partial charge is 0.323 e. The average Bonchev–Trinajstić information content (AvgIpc) is 3.01. The molecule has 1 saturated carbocycles. The van der Waals surface area contributed by atoms with Gasteiger partial charge in [-0.1, -0.05) is 36.7 Å². The molecule has 0 atom stereocenters. The summed E-state index contributed by atoms with van der Waals surface area (Å²) in [7, 11) is 0. The number of benzene rings is 1. The lowest BCUT2D eigenvalue weighted by Gasteiger charge is -2.33. The lowest BCUT2D eigenvalue weighted by molar-refractivity contribution is -0.133. The van der Waals surface area contributed by atoms with Crippen molar-refractivity contribution in [1.82, 2.24) is 10.2 Å². The van der Waals surface area contributed by atoms with Crippen molar-refractivity contribution < 1.29 is 9.59 Å². The van der Waals surface area contributed by atoms with Crippen LogP contribution >= 0.6 is 22.9 Å². The van der Waals surface area contributed by atoms with Crippen LogP contribution in [0.3, 0.4) is 0 Å². The molecule has 4 nitrogen and oxygen atoms in total. The summed E-state index contributed by atoms with van der Waals surface area (Å²) < 4.78 is 1.07. The monoisotopic (exact) mass is 362 g/mol. The SMILES string of the molecule is CC1CCC2(CC1)NC(=O)N(Cc1sc3ccccc3c1Cl)C2=O. The molecule has 1 aromatic heterocycles. The highest BCUT2D eigenvalue weighted by Gasteiger charge is 2.52. The van der Waals surface area contributed by atoms with Crippen molar-refractivity contribution >= 4 is 45.0 Å². The summed E-state index contributed by atoms with van der Waals surface area (Å²) in [5.74, 6) is 0.527. The molecule has 2 aliphatic rings. The number of carbonyl (C=O) groups is 2. The second-order valence-corrected chi connectivity index (χ2v) is 8.44. The molecular formula is C18H19ClN2O2S. The van der Waals surface area contributed by atoms with Gasteiger partial charge < -0.3 is 5.32 Å². The Morgan fingerprint density at radius 1 is 1.29 bits per heavy atom. The number of hydrogen-bond donors (Lipinski definition) is 1. The third kappa shape index (κ3) is 2.42. The highest BCUT2D eigenvalue weighted by atomic mass is 35.5. The first kappa shape index (κ1) is 15.9. The predicted molar refractivity (Wildman–Crippen MR) is 96.3 cm³/mol. The third-order valence-corrected chi connectivity index (χ3v) is 6.98. The number of amides is 3. The molecule has 24 heavy (non-hydrogen) atoms. The standard InChI is InChI=1S/C18H19ClN2O2S/c1-11-6-8-18(9-7-11)16(22)21(17(23)20-18)10-14-15(19)12-4-2-3-5-13(12)24-14/h2-5,11H,6-10H2,1H3,(H,20,23). The zero-order valence-electron chi connectivity index (χ0n) is 13.5. The molecule has 0 unspecified atom stereocenters. The van der Waals surface area contributed by atoms with Gasteiger partial charge in [0, 0.05) is 15.0 Å². The van der Waals surface area contributed by atoms with Gasteiger partial charge >= 0.3 is 6.03 Å². The van der Waals surface area contributed by atoms with E-state index in [2.05, 4.69) is 12.2 Å². The first-order chi connectivity index (χ1) is 11.5. The van der Waals surface area contributed by atoms with Gasteiger partial charge in [-0.3, -0.25) is 9.69 Å². The molecule has 4 rings (SSSR count). The van der Waals surface area contributed by atoms with Gasteiger partial charge in [0.2, 0.25) is 0 Å². The summed E-state index contributed by atoms with van der Waals surface area (Å²) >= 11 is 8.01. The summed E-state index contributed by atoms with van der Waals surface area (Å²) in [6.07, 6.45) is 3.41. The molecule has 0 bridgehead atoms. The number of thiophene rings is 1. The minimum absolute atomic E-state index is 0.0899. The maximum absolute atomic E-state index is 12.9. The van der Waals surface area contributed by atoms with E-state index in [4.69, 9.17) is 11.6 Å². The van der Waals surface area contributed by atoms with Crippen LogP contribution in [0, 0.1) is 5.92 Å². The lowest BCUT2D eigenvalue weighted by Crippen LogP contribution is -2.49. The second-order valence-electron chi connectivity index (χ2n) is 6.92. The van der Waals surface area contributed by atoms with E-state index in [1.165, 1.54) is 4.90 Å². The fourth-order valence-electron chi connectivity index (χ4n) is 3.72. The summed E-state index contributed by atoms with van der Waals surface area (Å²) in [6.45, 7) is 2.45. The number of imide groups is 1. The molecule has 126 valence electrons. The van der Waals surface area contributed by atoms with Gasteiger partial charge in [0.15, 0.2) is 0 Å². The Balaban J connectivity index is 1.61. The Labute approximate surface area is 149 Å². The molecule has 2 aromatic rings. The number of urea groups is 1. The van der Waals surface area contributed by atoms with Crippen LogP contribution in [-0.4, -0.2) is 22.4 Å². The normalized spacial score (nSPS) is 27.2. The molecule has 2 fully saturated rings. The van der Waals surface area contributed by atoms with E-state index in [1.807, 2.05) is 24.3 Å². The first-order valence-electron chi connectivity index (χ1n) is 8.30. The van der Waals surface area contributed by atoms with E-state index in [0.29, 0.717) is 10.9 Å². The van der Waals surface area contributed by atoms with Crippen LogP contribution in [0.2, 0.25) is 5.02 Å². The van der Waals surface area contributed by atoms with Gasteiger partial charge in [-0.25, -0.2) is 4.79 Å². The number of rotatable bonds is 2. The predicted octanol–water partition coefficient (Wildman–Crippen LogP) is 4.56. The molecule has 1 N–H and O–H groups in total. The molecule has 6 heteroatoms. The van der Waals surface area contributed by atoms with E-state index in [0.717, 1.165) is 40.6 Å². The van der Waals surface area contributed by atoms with Gasteiger partial charge in [0.1, 0.15) is 5.54 Å². The zero-order valence-corrected chi connectivity index (χ0v) is 15.0. The molecule has 3 amide bonds. The van der Waals surface area contributed by atoms with E-state index >= 15 is 0 Å². The Hall–Kier alpha value is -1.59. The minimum atomic E-state index is -0.688. The number of fused-ring (bicyclic) bond motifs is 1. The maximum Gasteiger partial charge on any atom is 0.325 e. The van der Waals surface area contributed by atoms with Crippen molar-refractivity contribution in [3.05, 3.63) is 34.2 Å². The maximum atomic E-state index is 12.9. The second kappa shape index (κ2) is 5.74. The van der Waals surface area contributed by atoms with E-state index in [9.17, 15) is 9.59 Å². The van der Waals surface area contributed by atoms with Crippen LogP contribution in [0.1, 0.15) is 37.5 Å². The number of carbonyl (C=O) groups excluding carboxylic acids is 2. The van der Waals surface area contributed by atoms with Gasteiger partial charge in [-0.05, 0) is 37.7 Å². The van der Waals surface area contributed by atoms with Crippen molar-refractivity contribution in [3.8, 4) is 0 Å². The molecule has 2 heterocycles. The molecule has 1 saturated heterocycles. The van der Waals surface area contributed by atoms with Crippen LogP contribution in [0.25, 0.3) is 10.1 Å². The van der Waals surface area contributed by atoms with Crippen LogP contribution in [0.4, 0.5) is 4.79 Å². The number of nitrogens with zero attached hydrogens (tertiary/aromatic N) is 1. The van der Waals surface area contributed by atoms with Crippen LogP contribution in [0.15, 0.2) is 24.3 Å². The first-order valence-corrected chi connectivity index (χ1v) is 9.50. The van der Waals surface area contributed by atoms with Gasteiger partial charge in [-0.15, -0.1) is 11.3 Å². The fourth-order valence-corrected chi connectivity index (χ4v) is 5.21. The van der Waals surface area contributed by atoms with Crippen LogP contribution in [-0.2, 0) is 11.3 Å². The van der Waals surface area contributed by atoms with E-state index in [1.54, 1.807) is 11.3 Å². The molecule has 0 radical (unpaired) electrons. The average molecular weight is 363 g/mol. The van der Waals surface area contributed by atoms with Crippen LogP contribution < -0.4 is 5.32 Å². The summed E-state index contributed by atoms with van der Waals surface area (Å²) in [4.78, 5) is 27.6. The molecule has 1 aliphatic heterocycles. The Morgan fingerprint density at radius 3 is 2.71 bits per heavy atom. The van der Waals surface area contributed by atoms with Crippen molar-refractivity contribution in [2.75, 3.05) is 0 Å². The Morgan fingerprint density at radius 2 is 2.00 bits per heavy atom. The van der Waals surface area contributed by atoms with Crippen molar-refractivity contribution in [2.24, 2.45) is 5.92 Å². The van der Waals surface area contributed by atoms with Crippen molar-refractivity contribution in [3.63, 3.8) is 0 Å². The summed E-state index contributed by atoms with van der Waals surface area (Å²) in [5.41, 5.74) is -0.688. The fraction of sp³-hybridized carbons (Fsp3) is 0.444. The largest absolute Gasteiger partial charge is 0.325 e. The van der Waals surface area contributed by atoms with E-state index < -0.39 is 5.54 Å². The zero-order chi connectivity index (χ0) is 16.9. The molecular weight excluding hydrogens is 344 g/mol. The lowest BCUT2D eigenvalue weighted by atomic mass is 9.77. The molecule has 1 spiro atoms. The van der Waals surface area contributed by atoms with Crippen molar-refractivity contribution in [1.29, 1.82) is 0 Å². The highest BCUT2D eigenvalue weighted by Crippen LogP contribution is 2.39.